The number of nitrogens with one attached hydrogen (secondary N) is 1. The van der Waals surface area contributed by atoms with E-state index in [1.165, 1.54) is 11.3 Å². The molecule has 0 saturated carbocycles. The van der Waals surface area contributed by atoms with E-state index in [4.69, 9.17) is 21.1 Å². The molecule has 142 valence electrons. The first-order chi connectivity index (χ1) is 11.7. The van der Waals surface area contributed by atoms with Crippen LogP contribution in [0.4, 0.5) is 4.79 Å². The Labute approximate surface area is 158 Å². The Bertz CT molecular complexity index is 572. The number of thiazole rings is 1. The fourth-order valence-corrected chi connectivity index (χ4v) is 4.04. The fourth-order valence-electron chi connectivity index (χ4n) is 3.11. The van der Waals surface area contributed by atoms with E-state index < -0.39 is 5.60 Å². The third-order valence-electron chi connectivity index (χ3n) is 4.07. The zero-order chi connectivity index (χ0) is 18.5. The first-order valence-electron chi connectivity index (χ1n) is 8.51. The molecule has 1 atom stereocenters. The van der Waals surface area contributed by atoms with Gasteiger partial charge in [-0.25, -0.2) is 9.78 Å². The first kappa shape index (κ1) is 20.4. The maximum Gasteiger partial charge on any atom is 0.410 e. The van der Waals surface area contributed by atoms with Crippen LogP contribution in [0.25, 0.3) is 0 Å². The molecule has 0 bridgehead atoms. The Kier molecular flexibility index (Phi) is 7.08. The van der Waals surface area contributed by atoms with Crippen molar-refractivity contribution in [2.75, 3.05) is 33.4 Å². The van der Waals surface area contributed by atoms with E-state index in [0.29, 0.717) is 24.0 Å². The van der Waals surface area contributed by atoms with Gasteiger partial charge < -0.3 is 19.7 Å². The number of aromatic nitrogens is 1. The van der Waals surface area contributed by atoms with Crippen LogP contribution in [0.1, 0.15) is 38.6 Å². The molecule has 0 aliphatic carbocycles. The Balaban J connectivity index is 1.95. The molecule has 1 fully saturated rings. The summed E-state index contributed by atoms with van der Waals surface area (Å²) in [5, 5.41) is 4.40. The van der Waals surface area contributed by atoms with Gasteiger partial charge in [-0.3, -0.25) is 0 Å². The molecule has 1 N–H and O–H groups in total. The monoisotopic (exact) mass is 389 g/mol. The van der Waals surface area contributed by atoms with Crippen molar-refractivity contribution in [1.29, 1.82) is 0 Å². The quantitative estimate of drug-likeness (QED) is 0.806. The van der Waals surface area contributed by atoms with Gasteiger partial charge in [-0.2, -0.15) is 0 Å². The molecule has 0 radical (unpaired) electrons. The van der Waals surface area contributed by atoms with Gasteiger partial charge in [0.05, 0.1) is 12.8 Å². The van der Waals surface area contributed by atoms with Crippen molar-refractivity contribution >= 4 is 29.0 Å². The van der Waals surface area contributed by atoms with Crippen molar-refractivity contribution in [3.63, 3.8) is 0 Å². The molecule has 2 rings (SSSR count). The van der Waals surface area contributed by atoms with Crippen LogP contribution in [0.5, 0.6) is 0 Å². The average Bonchev–Trinajstić information content (AvgIpc) is 2.91. The number of hydrogen-bond acceptors (Lipinski definition) is 6. The Morgan fingerprint density at radius 2 is 2.28 bits per heavy atom. The van der Waals surface area contributed by atoms with Crippen LogP contribution in [0, 0.1) is 5.41 Å². The summed E-state index contributed by atoms with van der Waals surface area (Å²) in [5.41, 5.74) is -0.605. The Morgan fingerprint density at radius 1 is 1.52 bits per heavy atom. The first-order valence-corrected chi connectivity index (χ1v) is 9.70. The second-order valence-corrected chi connectivity index (χ2v) is 9.35. The maximum atomic E-state index is 12.4. The van der Waals surface area contributed by atoms with Gasteiger partial charge in [0, 0.05) is 38.7 Å². The molecule has 1 aromatic heterocycles. The van der Waals surface area contributed by atoms with Gasteiger partial charge in [-0.1, -0.05) is 11.6 Å². The third kappa shape index (κ3) is 6.40. The van der Waals surface area contributed by atoms with E-state index in [9.17, 15) is 4.79 Å². The van der Waals surface area contributed by atoms with Crippen LogP contribution in [0.15, 0.2) is 6.20 Å². The predicted molar refractivity (Wildman–Crippen MR) is 100 cm³/mol. The number of carbonyl (C=O) groups is 1. The average molecular weight is 390 g/mol. The highest BCUT2D eigenvalue weighted by atomic mass is 35.5. The Morgan fingerprint density at radius 3 is 2.88 bits per heavy atom. The number of hydrogen-bond donors (Lipinski definition) is 1. The number of piperidine rings is 1. The van der Waals surface area contributed by atoms with Crippen molar-refractivity contribution in [3.05, 3.63) is 15.5 Å². The van der Waals surface area contributed by atoms with E-state index in [1.807, 2.05) is 20.8 Å². The van der Waals surface area contributed by atoms with Crippen LogP contribution in [0.3, 0.4) is 0 Å². The van der Waals surface area contributed by atoms with Gasteiger partial charge in [-0.15, -0.1) is 11.3 Å². The molecule has 0 aromatic carbocycles. The molecule has 25 heavy (non-hydrogen) atoms. The van der Waals surface area contributed by atoms with Gasteiger partial charge in [-0.05, 0) is 33.6 Å². The molecule has 1 saturated heterocycles. The third-order valence-corrected chi connectivity index (χ3v) is 5.18. The second kappa shape index (κ2) is 8.66. The molecule has 1 amide bonds. The molecule has 1 aliphatic heterocycles. The standard InChI is InChI=1S/C17H28ClN3O3S/c1-16(2,3)24-15(22)21-7-5-6-17(11-21,12-23-4)10-19-9-14-20-8-13(18)25-14/h8,19H,5-7,9-12H2,1-4H3. The summed E-state index contributed by atoms with van der Waals surface area (Å²) in [6.07, 6.45) is 3.36. The van der Waals surface area contributed by atoms with Gasteiger partial charge in [0.15, 0.2) is 0 Å². The zero-order valence-electron chi connectivity index (χ0n) is 15.4. The van der Waals surface area contributed by atoms with E-state index in [1.54, 1.807) is 18.2 Å². The van der Waals surface area contributed by atoms with Gasteiger partial charge in [0.25, 0.3) is 0 Å². The number of rotatable bonds is 6. The molecule has 1 unspecified atom stereocenters. The fraction of sp³-hybridized carbons (Fsp3) is 0.765. The van der Waals surface area contributed by atoms with E-state index in [0.717, 1.165) is 30.9 Å². The van der Waals surface area contributed by atoms with Crippen LogP contribution in [-0.4, -0.2) is 54.9 Å². The number of methoxy groups -OCH3 is 1. The highest BCUT2D eigenvalue weighted by Gasteiger charge is 2.38. The molecule has 0 spiro atoms. The summed E-state index contributed by atoms with van der Waals surface area (Å²) in [5.74, 6) is 0. The lowest BCUT2D eigenvalue weighted by Crippen LogP contribution is -2.53. The summed E-state index contributed by atoms with van der Waals surface area (Å²) in [6, 6.07) is 0. The lowest BCUT2D eigenvalue weighted by Gasteiger charge is -2.42. The molecule has 6 nitrogen and oxygen atoms in total. The van der Waals surface area contributed by atoms with Crippen LogP contribution < -0.4 is 5.32 Å². The van der Waals surface area contributed by atoms with Crippen LogP contribution in [-0.2, 0) is 16.0 Å². The van der Waals surface area contributed by atoms with Crippen LogP contribution >= 0.6 is 22.9 Å². The molecule has 8 heteroatoms. The lowest BCUT2D eigenvalue weighted by molar-refractivity contribution is -0.0155. The highest BCUT2D eigenvalue weighted by Crippen LogP contribution is 2.31. The van der Waals surface area contributed by atoms with Crippen LogP contribution in [0.2, 0.25) is 4.34 Å². The van der Waals surface area contributed by atoms with E-state index in [2.05, 4.69) is 10.3 Å². The predicted octanol–water partition coefficient (Wildman–Crippen LogP) is 3.55. The van der Waals surface area contributed by atoms with E-state index >= 15 is 0 Å². The van der Waals surface area contributed by atoms with Gasteiger partial charge in [0.2, 0.25) is 0 Å². The second-order valence-electron chi connectivity index (χ2n) is 7.60. The minimum Gasteiger partial charge on any atom is -0.444 e. The van der Waals surface area contributed by atoms with Crippen molar-refractivity contribution in [1.82, 2.24) is 15.2 Å². The van der Waals surface area contributed by atoms with Crippen molar-refractivity contribution in [3.8, 4) is 0 Å². The number of amides is 1. The largest absolute Gasteiger partial charge is 0.444 e. The summed E-state index contributed by atoms with van der Waals surface area (Å²) in [6.45, 7) is 9.02. The Hall–Kier alpha value is -0.890. The summed E-state index contributed by atoms with van der Waals surface area (Å²) >= 11 is 7.40. The topological polar surface area (TPSA) is 63.7 Å². The minimum atomic E-state index is -0.485. The molecular formula is C17H28ClN3O3S. The molecular weight excluding hydrogens is 362 g/mol. The number of likely N-dealkylation sites (tertiary alicyclic amines) is 1. The summed E-state index contributed by atoms with van der Waals surface area (Å²) in [7, 11) is 1.70. The summed E-state index contributed by atoms with van der Waals surface area (Å²) < 4.78 is 11.7. The van der Waals surface area contributed by atoms with Gasteiger partial charge in [0.1, 0.15) is 14.9 Å². The zero-order valence-corrected chi connectivity index (χ0v) is 17.0. The molecule has 1 aliphatic rings. The number of nitrogens with zero attached hydrogens (tertiary/aromatic N) is 2. The minimum absolute atomic E-state index is 0.120. The molecule has 2 heterocycles. The maximum absolute atomic E-state index is 12.4. The normalized spacial score (nSPS) is 21.4. The summed E-state index contributed by atoms with van der Waals surface area (Å²) in [4.78, 5) is 18.5. The lowest BCUT2D eigenvalue weighted by atomic mass is 9.80. The molecule has 1 aromatic rings. The van der Waals surface area contributed by atoms with Gasteiger partial charge >= 0.3 is 6.09 Å². The van der Waals surface area contributed by atoms with Crippen molar-refractivity contribution < 1.29 is 14.3 Å². The highest BCUT2D eigenvalue weighted by molar-refractivity contribution is 7.15. The number of carbonyl (C=O) groups excluding carboxylic acids is 1. The number of ether oxygens (including phenoxy) is 2. The smallest absolute Gasteiger partial charge is 0.410 e. The number of halogens is 1. The van der Waals surface area contributed by atoms with Crippen molar-refractivity contribution in [2.45, 2.75) is 45.8 Å². The van der Waals surface area contributed by atoms with Crippen molar-refractivity contribution in [2.24, 2.45) is 5.41 Å². The van der Waals surface area contributed by atoms with E-state index in [-0.39, 0.29) is 11.5 Å². The SMILES string of the molecule is COCC1(CNCc2ncc(Cl)s2)CCCN(C(=O)OC(C)(C)C)C1.